The first kappa shape index (κ1) is 110. The van der Waals surface area contributed by atoms with Crippen molar-refractivity contribution in [3.05, 3.63) is 0 Å². The predicted molar refractivity (Wildman–Crippen MR) is 505 cm³/mol. The number of hydrogen-bond acceptors (Lipinski definition) is 25. The predicted octanol–water partition coefficient (Wildman–Crippen LogP) is 19.1. The zero-order valence-corrected chi connectivity index (χ0v) is 88.7. The van der Waals surface area contributed by atoms with E-state index in [0.29, 0.717) is 37.0 Å². The first-order chi connectivity index (χ1) is 62.5. The number of aliphatic hydroxyl groups excluding tert-OH is 2. The Morgan fingerprint density at radius 3 is 0.788 bits per heavy atom. The van der Waals surface area contributed by atoms with Crippen LogP contribution >= 0.6 is 0 Å². The molecular weight excluding hydrogens is 1690 g/mol. The normalized spacial score (nSPS) is 53.8. The summed E-state index contributed by atoms with van der Waals surface area (Å²) >= 11 is 0. The van der Waals surface area contributed by atoms with Crippen molar-refractivity contribution in [3.63, 3.8) is 0 Å². The first-order valence-electron chi connectivity index (χ1n) is 53.9. The van der Waals surface area contributed by atoms with Crippen LogP contribution in [0.15, 0.2) is 0 Å². The van der Waals surface area contributed by atoms with Crippen molar-refractivity contribution in [2.24, 2.45) is 142 Å². The molecule has 0 aromatic heterocycles. The van der Waals surface area contributed by atoms with E-state index >= 15 is 0 Å². The highest BCUT2D eigenvalue weighted by Gasteiger charge is 2.67. The third-order valence-electron chi connectivity index (χ3n) is 37.6. The molecule has 132 heavy (non-hydrogen) atoms. The molecule has 12 aliphatic rings. The topological polar surface area (TPSA) is 264 Å². The molecule has 11 aliphatic heterocycles. The Hall–Kier alpha value is -1.00. The summed E-state index contributed by atoms with van der Waals surface area (Å²) < 4.78 is 154. The highest BCUT2D eigenvalue weighted by atomic mass is 16.8. The average molecular weight is 1880 g/mol. The van der Waals surface area contributed by atoms with Crippen LogP contribution in [-0.4, -0.2) is 243 Å². The second kappa shape index (κ2) is 46.8. The fourth-order valence-corrected chi connectivity index (χ4v) is 25.3. The van der Waals surface area contributed by atoms with E-state index in [-0.39, 0.29) is 247 Å². The summed E-state index contributed by atoms with van der Waals surface area (Å²) in [5, 5.41) is 35.3. The van der Waals surface area contributed by atoms with Gasteiger partial charge >= 0.3 is 0 Å². The number of hydrogen-bond donors (Lipinski definition) is 3. The van der Waals surface area contributed by atoms with Crippen LogP contribution < -0.4 is 0 Å². The fourth-order valence-electron chi connectivity index (χ4n) is 25.3. The van der Waals surface area contributed by atoms with Crippen LogP contribution in [0, 0.1) is 142 Å². The molecule has 12 fully saturated rings. The van der Waals surface area contributed by atoms with Gasteiger partial charge in [-0.3, -0.25) is 0 Å². The molecule has 0 bridgehead atoms. The molecule has 25 unspecified atom stereocenters. The van der Waals surface area contributed by atoms with Crippen molar-refractivity contribution in [1.82, 2.24) is 0 Å². The Morgan fingerprint density at radius 1 is 0.242 bits per heavy atom. The lowest BCUT2D eigenvalue weighted by molar-refractivity contribution is -0.374. The smallest absolute Gasteiger partial charge is 0.163 e. The second-order valence-corrected chi connectivity index (χ2v) is 45.3. The van der Waals surface area contributed by atoms with Gasteiger partial charge in [0.15, 0.2) is 62.9 Å². The Balaban J connectivity index is 0.597. The molecular formula is C107H192O25. The summed E-state index contributed by atoms with van der Waals surface area (Å²) in [4.78, 5) is 0. The monoisotopic (exact) mass is 1880 g/mol. The molecule has 25 heteroatoms. The summed E-state index contributed by atoms with van der Waals surface area (Å²) in [6.07, 6.45) is -4.80. The third kappa shape index (κ3) is 22.4. The average Bonchev–Trinajstić information content (AvgIpc) is 1.55. The minimum atomic E-state index is -1.02. The van der Waals surface area contributed by atoms with Crippen LogP contribution in [0.5, 0.6) is 0 Å². The van der Waals surface area contributed by atoms with E-state index in [2.05, 4.69) is 222 Å². The highest BCUT2D eigenvalue weighted by Crippen LogP contribution is 2.56. The van der Waals surface area contributed by atoms with Gasteiger partial charge in [0.1, 0.15) is 12.2 Å². The van der Waals surface area contributed by atoms with E-state index in [1.165, 1.54) is 0 Å². The molecule has 25 nitrogen and oxygen atoms in total. The van der Waals surface area contributed by atoms with Crippen molar-refractivity contribution in [1.29, 1.82) is 0 Å². The number of aliphatic hydroxyl groups is 3. The minimum absolute atomic E-state index is 0.00492. The van der Waals surface area contributed by atoms with Crippen LogP contribution in [0.1, 0.15) is 313 Å². The summed E-state index contributed by atoms with van der Waals surface area (Å²) in [5.74, 6) is 1.29. The van der Waals surface area contributed by atoms with Crippen molar-refractivity contribution < 1.29 is 120 Å². The van der Waals surface area contributed by atoms with Gasteiger partial charge in [-0.1, -0.05) is 228 Å². The van der Waals surface area contributed by atoms with Crippen LogP contribution in [-0.2, 0) is 104 Å². The molecule has 11 heterocycles. The largest absolute Gasteiger partial charge is 0.394 e. The lowest BCUT2D eigenvalue weighted by Crippen LogP contribution is -2.61. The molecule has 0 aromatic carbocycles. The highest BCUT2D eigenvalue weighted by molar-refractivity contribution is 5.15. The number of rotatable bonds is 35. The molecule has 0 spiro atoms. The van der Waals surface area contributed by atoms with Crippen molar-refractivity contribution in [3.8, 4) is 0 Å². The first-order valence-corrected chi connectivity index (χ1v) is 53.9. The number of ether oxygens (including phenoxy) is 22. The molecule has 1 saturated carbocycles. The minimum Gasteiger partial charge on any atom is -0.394 e. The van der Waals surface area contributed by atoms with Gasteiger partial charge in [-0.25, -0.2) is 0 Å². The van der Waals surface area contributed by atoms with E-state index in [9.17, 15) is 15.3 Å². The molecule has 1 aliphatic carbocycles. The standard InChI is InChI=1S/C107H192O25/c1-37-73-50(13)48(11)60(23)98(113-73)125-88-53(16)62(25)99(115-76(88)40-4)126-89-54(17)63(26)100(116-77(89)41-5)127-90-55(18)64(27)101(117-78(90)42-6)128-91-56(19)65(28)102(118-79(91)43-7)129-92-57(20)66(29)103(119-80(92)44-8)130-93-58(21)67(30)104(120-81(93)45-9)131-94-59(22)68(31)105(122-83(94)47-108)124-86-52(15)61(24)97(112-72(86)35)132-95-82(46-10)121-106(70(33)85(95)109)114-74(38-2)69(32)84-96(107(84,36)110)123-87-51(14)49(12)71(34)111-75(87)39-3/h48-106,108-110H,37-47H2,1-36H3/t48-,49?,50-,51?,52?,53+,54+,55?,56?,57+,58+,59?,60?,61?,62?,63?,64?,65?,66?,67?,68?,69?,70?,71+,72-,73?,74+,75-,76?,77?,78-,79-,80?,81?,82?,83-,84?,85+,86-,87-,88-,89-,90-,91-,92-,93-,94-,95+,96+,97-,98-,99-,100-,101+,102-,103-,104-,105+,106+,107?/m0/s1. The Kier molecular flexibility index (Phi) is 38.9. The van der Waals surface area contributed by atoms with E-state index in [4.69, 9.17) is 104 Å². The van der Waals surface area contributed by atoms with Gasteiger partial charge in [-0.15, -0.1) is 0 Å². The van der Waals surface area contributed by atoms with Crippen molar-refractivity contribution in [2.75, 3.05) is 6.61 Å². The van der Waals surface area contributed by atoms with Gasteiger partial charge in [0, 0.05) is 65.1 Å². The lowest BCUT2D eigenvalue weighted by Gasteiger charge is -2.53. The van der Waals surface area contributed by atoms with Gasteiger partial charge in [0.05, 0.1) is 153 Å². The van der Waals surface area contributed by atoms with Crippen LogP contribution in [0.4, 0.5) is 0 Å². The molecule has 11 saturated heterocycles. The molecule has 0 radical (unpaired) electrons. The van der Waals surface area contributed by atoms with Crippen LogP contribution in [0.2, 0.25) is 0 Å². The van der Waals surface area contributed by atoms with E-state index < -0.39 is 105 Å². The Labute approximate surface area is 798 Å². The van der Waals surface area contributed by atoms with Crippen LogP contribution in [0.25, 0.3) is 0 Å². The fraction of sp³-hybridized carbons (Fsp3) is 1.00. The molecule has 0 amide bonds. The zero-order valence-electron chi connectivity index (χ0n) is 88.7. The molecule has 60 atom stereocenters. The van der Waals surface area contributed by atoms with Crippen LogP contribution in [0.3, 0.4) is 0 Å². The van der Waals surface area contributed by atoms with Crippen molar-refractivity contribution >= 4 is 0 Å². The maximum absolute atomic E-state index is 12.3. The zero-order chi connectivity index (χ0) is 96.9. The lowest BCUT2D eigenvalue weighted by atomic mass is 9.78. The van der Waals surface area contributed by atoms with Gasteiger partial charge in [-0.2, -0.15) is 0 Å². The summed E-state index contributed by atoms with van der Waals surface area (Å²) in [6, 6.07) is 0. The summed E-state index contributed by atoms with van der Waals surface area (Å²) in [7, 11) is 0. The molecule has 0 aromatic rings. The van der Waals surface area contributed by atoms with Gasteiger partial charge < -0.3 is 120 Å². The van der Waals surface area contributed by atoms with E-state index in [1.807, 2.05) is 27.7 Å². The summed E-state index contributed by atoms with van der Waals surface area (Å²) in [5.41, 5.74) is -1.02. The van der Waals surface area contributed by atoms with E-state index in [0.717, 1.165) is 44.9 Å². The maximum atomic E-state index is 12.3. The van der Waals surface area contributed by atoms with E-state index in [1.54, 1.807) is 0 Å². The molecule has 3 N–H and O–H groups in total. The molecule has 12 rings (SSSR count). The summed E-state index contributed by atoms with van der Waals surface area (Å²) in [6.45, 7) is 78.5. The quantitative estimate of drug-likeness (QED) is 0.0532. The SMILES string of the molecule is CCC1O[C@@H](O[C@@H]2C(CC)O[C@@H](O[C@@H]3C(CC)O[C@@H](O[C@H]4C(C)C(C)[C@@H](O[C@H]5C(C)C(C)[C@H](O[C@@H]6C(CC)O[C@@H](O[C@@H]7C(CC)O[C@@H](O[C@H]8C(C)C(C)[C@@H](O[C@H]9C(C)C(C)[C@H](O[C@@H]%10C(CC)O[C@@H](O[C@H](CC)C(C)C%11[C@@H](O[C@H]%12C(C)C(C)[C@@H](C)O[C@H]%12CC)C%11(C)O)C(C)[C@H]%10O)O[C@H]9C)O[C@H]8CO)C(C)[C@H]7C)C(C)[C@H]6C)O[C@H]5CC)O[C@H]4CC)C(C)[C@H]3C)C(C)[C@H]2C)C(C)[C@@H](C)[C@@H]1C. The van der Waals surface area contributed by atoms with Gasteiger partial charge in [-0.05, 0) is 162 Å². The Morgan fingerprint density at radius 2 is 0.477 bits per heavy atom. The van der Waals surface area contributed by atoms with Crippen molar-refractivity contribution in [2.45, 2.75) is 535 Å². The van der Waals surface area contributed by atoms with Gasteiger partial charge in [0.25, 0.3) is 0 Å². The maximum Gasteiger partial charge on any atom is 0.163 e. The van der Waals surface area contributed by atoms with Gasteiger partial charge in [0.2, 0.25) is 0 Å². The Bertz CT molecular complexity index is 3420. The third-order valence-corrected chi connectivity index (χ3v) is 37.6. The second-order valence-electron chi connectivity index (χ2n) is 45.3. The molecule has 770 valence electrons.